The number of aromatic nitrogens is 8. The van der Waals surface area contributed by atoms with Gasteiger partial charge in [0, 0.05) is 35.9 Å². The molecule has 2 N–H and O–H groups in total. The zero-order valence-corrected chi connectivity index (χ0v) is 16.8. The summed E-state index contributed by atoms with van der Waals surface area (Å²) >= 11 is 0. The number of aryl methyl sites for hydroxylation is 1. The Hall–Kier alpha value is -4.53. The molecule has 0 aliphatic heterocycles. The van der Waals surface area contributed by atoms with Crippen LogP contribution in [0.3, 0.4) is 0 Å². The number of rotatable bonds is 3. The third-order valence-electron chi connectivity index (χ3n) is 5.40. The summed E-state index contributed by atoms with van der Waals surface area (Å²) in [6, 6.07) is 7.46. The van der Waals surface area contributed by atoms with Gasteiger partial charge in [0.1, 0.15) is 16.9 Å². The summed E-state index contributed by atoms with van der Waals surface area (Å²) in [5.74, 6) is -0.0544. The van der Waals surface area contributed by atoms with E-state index in [0.717, 1.165) is 16.8 Å². The fourth-order valence-electron chi connectivity index (χ4n) is 3.80. The fraction of sp³-hybridized carbons (Fsp3) is 0.0435. The molecule has 8 nitrogen and oxygen atoms in total. The van der Waals surface area contributed by atoms with Gasteiger partial charge in [-0.05, 0) is 30.7 Å². The van der Waals surface area contributed by atoms with Crippen LogP contribution in [0, 0.1) is 12.7 Å². The van der Waals surface area contributed by atoms with Gasteiger partial charge in [-0.3, -0.25) is 25.0 Å². The number of H-pyrrole nitrogens is 2. The molecule has 6 aromatic heterocycles. The van der Waals surface area contributed by atoms with Crippen molar-refractivity contribution < 1.29 is 4.39 Å². The summed E-state index contributed by atoms with van der Waals surface area (Å²) in [6.45, 7) is 1.89. The van der Waals surface area contributed by atoms with Gasteiger partial charge in [0.25, 0.3) is 0 Å². The Kier molecular flexibility index (Phi) is 4.00. The number of halogens is 1. The number of hydrogen-bond acceptors (Lipinski definition) is 6. The first-order chi connectivity index (χ1) is 15.7. The lowest BCUT2D eigenvalue weighted by atomic mass is 10.1. The Morgan fingerprint density at radius 2 is 1.75 bits per heavy atom. The van der Waals surface area contributed by atoms with Crippen LogP contribution in [-0.2, 0) is 0 Å². The average Bonchev–Trinajstić information content (AvgIpc) is 3.45. The van der Waals surface area contributed by atoms with Crippen LogP contribution in [0.5, 0.6) is 0 Å². The molecule has 0 aromatic carbocycles. The van der Waals surface area contributed by atoms with Crippen molar-refractivity contribution in [1.82, 2.24) is 40.1 Å². The predicted molar refractivity (Wildman–Crippen MR) is 118 cm³/mol. The van der Waals surface area contributed by atoms with E-state index < -0.39 is 5.82 Å². The molecule has 0 saturated carbocycles. The number of nitrogens with one attached hydrogen (secondary N) is 2. The van der Waals surface area contributed by atoms with Gasteiger partial charge >= 0.3 is 0 Å². The molecule has 0 spiro atoms. The number of aromatic amines is 2. The summed E-state index contributed by atoms with van der Waals surface area (Å²) in [5, 5.41) is 7.50. The topological polar surface area (TPSA) is 109 Å². The molecule has 6 aromatic rings. The first-order valence-corrected chi connectivity index (χ1v) is 9.90. The summed E-state index contributed by atoms with van der Waals surface area (Å²) in [6.07, 6.45) is 9.95. The maximum atomic E-state index is 15.7. The van der Waals surface area contributed by atoms with E-state index in [4.69, 9.17) is 4.98 Å². The molecule has 0 aliphatic rings. The van der Waals surface area contributed by atoms with E-state index in [-0.39, 0.29) is 5.69 Å². The Bertz CT molecular complexity index is 1600. The smallest absolute Gasteiger partial charge is 0.161 e. The van der Waals surface area contributed by atoms with Crippen LogP contribution in [0.4, 0.5) is 4.39 Å². The van der Waals surface area contributed by atoms with Gasteiger partial charge in [0.15, 0.2) is 11.6 Å². The van der Waals surface area contributed by atoms with Crippen molar-refractivity contribution in [2.75, 3.05) is 0 Å². The highest BCUT2D eigenvalue weighted by molar-refractivity contribution is 5.97. The average molecular weight is 422 g/mol. The van der Waals surface area contributed by atoms with Crippen molar-refractivity contribution >= 4 is 21.9 Å². The summed E-state index contributed by atoms with van der Waals surface area (Å²) in [5.41, 5.74) is 5.49. The van der Waals surface area contributed by atoms with Crippen LogP contribution in [0.25, 0.3) is 56.0 Å². The van der Waals surface area contributed by atoms with Crippen molar-refractivity contribution in [2.24, 2.45) is 0 Å². The van der Waals surface area contributed by atoms with Gasteiger partial charge in [0.2, 0.25) is 0 Å². The number of imidazole rings is 1. The van der Waals surface area contributed by atoms with Crippen molar-refractivity contribution in [2.45, 2.75) is 6.92 Å². The van der Waals surface area contributed by atoms with Crippen LogP contribution in [0.2, 0.25) is 0 Å². The second-order valence-electron chi connectivity index (χ2n) is 7.36. The number of pyridine rings is 4. The van der Waals surface area contributed by atoms with Crippen molar-refractivity contribution in [3.63, 3.8) is 0 Å². The van der Waals surface area contributed by atoms with Gasteiger partial charge in [0.05, 0.1) is 34.5 Å². The van der Waals surface area contributed by atoms with E-state index in [9.17, 15) is 0 Å². The molecule has 0 amide bonds. The van der Waals surface area contributed by atoms with Gasteiger partial charge in [-0.1, -0.05) is 6.07 Å². The maximum absolute atomic E-state index is 15.7. The standard InChI is InChI=1S/C23H15FN8/c1-12-5-7-25-8-13(12)21-19(24)18-16(11-28-21)31-32-22(18)23-29-17-10-26-9-14(20(17)30-23)15-4-2-3-6-27-15/h2-11H,1H3,(H,29,30)(H,31,32). The zero-order chi connectivity index (χ0) is 21.7. The lowest BCUT2D eigenvalue weighted by Gasteiger charge is -2.06. The summed E-state index contributed by atoms with van der Waals surface area (Å²) in [4.78, 5) is 25.1. The Labute approximate surface area is 180 Å². The third-order valence-corrected chi connectivity index (χ3v) is 5.40. The van der Waals surface area contributed by atoms with Crippen molar-refractivity contribution in [3.8, 4) is 34.0 Å². The van der Waals surface area contributed by atoms with E-state index in [1.807, 2.05) is 31.2 Å². The minimum atomic E-state index is -0.481. The highest BCUT2D eigenvalue weighted by atomic mass is 19.1. The molecule has 0 radical (unpaired) electrons. The van der Waals surface area contributed by atoms with Crippen molar-refractivity contribution in [1.29, 1.82) is 0 Å². The molecular formula is C23H15FN8. The van der Waals surface area contributed by atoms with Gasteiger partial charge < -0.3 is 4.98 Å². The third kappa shape index (κ3) is 2.75. The Balaban J connectivity index is 1.56. The first kappa shape index (κ1) is 18.3. The molecule has 32 heavy (non-hydrogen) atoms. The molecule has 0 unspecified atom stereocenters. The largest absolute Gasteiger partial charge is 0.335 e. The van der Waals surface area contributed by atoms with Gasteiger partial charge in [-0.2, -0.15) is 5.10 Å². The zero-order valence-electron chi connectivity index (χ0n) is 16.8. The quantitative estimate of drug-likeness (QED) is 0.436. The van der Waals surface area contributed by atoms with Crippen LogP contribution >= 0.6 is 0 Å². The summed E-state index contributed by atoms with van der Waals surface area (Å²) < 4.78 is 15.7. The summed E-state index contributed by atoms with van der Waals surface area (Å²) in [7, 11) is 0. The molecule has 0 atom stereocenters. The predicted octanol–water partition coefficient (Wildman–Crippen LogP) is 4.47. The van der Waals surface area contributed by atoms with E-state index in [1.54, 1.807) is 37.2 Å². The van der Waals surface area contributed by atoms with Crippen LogP contribution in [0.15, 0.2) is 61.4 Å². The van der Waals surface area contributed by atoms with Gasteiger partial charge in [-0.25, -0.2) is 9.37 Å². The number of fused-ring (bicyclic) bond motifs is 2. The second kappa shape index (κ2) is 7.02. The van der Waals surface area contributed by atoms with E-state index in [1.165, 1.54) is 0 Å². The lowest BCUT2D eigenvalue weighted by molar-refractivity contribution is 0.638. The molecule has 9 heteroatoms. The molecule has 0 bridgehead atoms. The van der Waals surface area contributed by atoms with E-state index in [2.05, 4.69) is 35.1 Å². The Morgan fingerprint density at radius 3 is 2.59 bits per heavy atom. The molecule has 6 heterocycles. The van der Waals surface area contributed by atoms with E-state index in [0.29, 0.717) is 39.0 Å². The number of hydrogen-bond donors (Lipinski definition) is 2. The molecular weight excluding hydrogens is 407 g/mol. The molecule has 6 rings (SSSR count). The SMILES string of the molecule is Cc1ccncc1-c1ncc2[nH]nc(-c3nc4c(-c5ccccn5)cncc4[nH]3)c2c1F. The van der Waals surface area contributed by atoms with Gasteiger partial charge in [-0.15, -0.1) is 0 Å². The maximum Gasteiger partial charge on any atom is 0.161 e. The molecule has 0 fully saturated rings. The molecule has 0 saturated heterocycles. The van der Waals surface area contributed by atoms with Crippen molar-refractivity contribution in [3.05, 3.63) is 72.8 Å². The minimum Gasteiger partial charge on any atom is -0.335 e. The highest BCUT2D eigenvalue weighted by Gasteiger charge is 2.21. The number of nitrogens with zero attached hydrogens (tertiary/aromatic N) is 6. The minimum absolute atomic E-state index is 0.220. The Morgan fingerprint density at radius 1 is 0.844 bits per heavy atom. The van der Waals surface area contributed by atoms with Crippen LogP contribution in [0.1, 0.15) is 5.56 Å². The first-order valence-electron chi connectivity index (χ1n) is 9.90. The molecule has 154 valence electrons. The van der Waals surface area contributed by atoms with Crippen LogP contribution in [-0.4, -0.2) is 40.1 Å². The van der Waals surface area contributed by atoms with Crippen LogP contribution < -0.4 is 0 Å². The monoisotopic (exact) mass is 422 g/mol. The molecule has 0 aliphatic carbocycles. The lowest BCUT2D eigenvalue weighted by Crippen LogP contribution is -1.94. The van der Waals surface area contributed by atoms with E-state index >= 15 is 4.39 Å². The normalized spacial score (nSPS) is 11.4. The fourth-order valence-corrected chi connectivity index (χ4v) is 3.80. The second-order valence-corrected chi connectivity index (χ2v) is 7.36. The highest BCUT2D eigenvalue weighted by Crippen LogP contribution is 2.34.